The Morgan fingerprint density at radius 1 is 1.75 bits per heavy atom. The zero-order valence-electron chi connectivity index (χ0n) is 5.35. The maximum Gasteiger partial charge on any atom is 0.0109 e. The smallest absolute Gasteiger partial charge is 0.0109 e. The van der Waals surface area contributed by atoms with Crippen LogP contribution in [-0.4, -0.2) is 6.54 Å². The van der Waals surface area contributed by atoms with Gasteiger partial charge in [0.2, 0.25) is 0 Å². The van der Waals surface area contributed by atoms with E-state index in [-0.39, 0.29) is 0 Å². The Morgan fingerprint density at radius 3 is 2.75 bits per heavy atom. The van der Waals surface area contributed by atoms with Crippen molar-refractivity contribution in [2.45, 2.75) is 19.8 Å². The van der Waals surface area contributed by atoms with E-state index in [0.29, 0.717) is 6.54 Å². The monoisotopic (exact) mass is 111 g/mol. The van der Waals surface area contributed by atoms with Gasteiger partial charge in [0.05, 0.1) is 0 Å². The topological polar surface area (TPSA) is 26.0 Å². The number of nitrogens with two attached hydrogens (primary N) is 1. The third-order valence-electron chi connectivity index (χ3n) is 1.66. The van der Waals surface area contributed by atoms with Crippen molar-refractivity contribution in [3.63, 3.8) is 0 Å². The summed E-state index contributed by atoms with van der Waals surface area (Å²) >= 11 is 0. The van der Waals surface area contributed by atoms with Gasteiger partial charge in [-0.15, -0.1) is 0 Å². The van der Waals surface area contributed by atoms with Gasteiger partial charge in [0.25, 0.3) is 0 Å². The highest BCUT2D eigenvalue weighted by Crippen LogP contribution is 2.35. The molecule has 0 aromatic heterocycles. The minimum Gasteiger partial charge on any atom is -0.327 e. The quantitative estimate of drug-likeness (QED) is 0.534. The molecule has 0 unspecified atom stereocenters. The van der Waals surface area contributed by atoms with Crippen LogP contribution in [-0.2, 0) is 0 Å². The molecule has 0 radical (unpaired) electrons. The highest BCUT2D eigenvalue weighted by molar-refractivity contribution is 5.09. The highest BCUT2D eigenvalue weighted by Gasteiger charge is 2.21. The minimum absolute atomic E-state index is 0.711. The summed E-state index contributed by atoms with van der Waals surface area (Å²) in [5, 5.41) is 0. The molecule has 1 heteroatoms. The molecule has 46 valence electrons. The van der Waals surface area contributed by atoms with E-state index in [9.17, 15) is 0 Å². The molecule has 8 heavy (non-hydrogen) atoms. The van der Waals surface area contributed by atoms with Crippen LogP contribution >= 0.6 is 0 Å². The second kappa shape index (κ2) is 2.31. The fraction of sp³-hybridized carbons (Fsp3) is 0.714. The number of rotatable bonds is 2. The second-order valence-electron chi connectivity index (χ2n) is 2.46. The molecule has 1 aliphatic carbocycles. The summed E-state index contributed by atoms with van der Waals surface area (Å²) in [6.45, 7) is 2.88. The molecule has 0 bridgehead atoms. The van der Waals surface area contributed by atoms with Crippen LogP contribution in [0.3, 0.4) is 0 Å². The molecule has 1 fully saturated rings. The zero-order chi connectivity index (χ0) is 5.98. The molecule has 2 N–H and O–H groups in total. The Kier molecular flexibility index (Phi) is 1.69. The van der Waals surface area contributed by atoms with Gasteiger partial charge in [-0.1, -0.05) is 11.6 Å². The van der Waals surface area contributed by atoms with Crippen LogP contribution in [0.2, 0.25) is 0 Å². The van der Waals surface area contributed by atoms with Crippen LogP contribution in [0.4, 0.5) is 0 Å². The predicted molar refractivity (Wildman–Crippen MR) is 35.5 cm³/mol. The van der Waals surface area contributed by atoms with Gasteiger partial charge in [-0.05, 0) is 25.7 Å². The molecule has 1 rings (SSSR count). The lowest BCUT2D eigenvalue weighted by molar-refractivity contribution is 0.988. The summed E-state index contributed by atoms with van der Waals surface area (Å²) in [6, 6.07) is 0. The standard InChI is InChI=1S/C7H13N/c1-6(4-5-8)7-2-3-7/h4,7H,2-3,5,8H2,1H3/b6-4-. The van der Waals surface area contributed by atoms with Gasteiger partial charge in [-0.3, -0.25) is 0 Å². The summed E-state index contributed by atoms with van der Waals surface area (Å²) in [5.74, 6) is 0.901. The predicted octanol–water partition coefficient (Wildman–Crippen LogP) is 1.30. The van der Waals surface area contributed by atoms with Crippen LogP contribution in [0.1, 0.15) is 19.8 Å². The summed E-state index contributed by atoms with van der Waals surface area (Å²) in [7, 11) is 0. The van der Waals surface area contributed by atoms with Gasteiger partial charge in [-0.2, -0.15) is 0 Å². The molecule has 1 saturated carbocycles. The van der Waals surface area contributed by atoms with Crippen LogP contribution in [0.25, 0.3) is 0 Å². The van der Waals surface area contributed by atoms with Crippen molar-refractivity contribution >= 4 is 0 Å². The fourth-order valence-corrected chi connectivity index (χ4v) is 0.891. The molecule has 0 aliphatic heterocycles. The largest absolute Gasteiger partial charge is 0.327 e. The first kappa shape index (κ1) is 5.83. The number of hydrogen-bond acceptors (Lipinski definition) is 1. The molecule has 1 nitrogen and oxygen atoms in total. The normalized spacial score (nSPS) is 21.5. The van der Waals surface area contributed by atoms with Gasteiger partial charge >= 0.3 is 0 Å². The van der Waals surface area contributed by atoms with E-state index in [0.717, 1.165) is 5.92 Å². The Morgan fingerprint density at radius 2 is 2.38 bits per heavy atom. The van der Waals surface area contributed by atoms with Crippen molar-refractivity contribution in [1.29, 1.82) is 0 Å². The molecular formula is C7H13N. The fourth-order valence-electron chi connectivity index (χ4n) is 0.891. The average molecular weight is 111 g/mol. The van der Waals surface area contributed by atoms with Gasteiger partial charge in [0, 0.05) is 6.54 Å². The molecule has 1 aliphatic rings. The van der Waals surface area contributed by atoms with Gasteiger partial charge in [0.15, 0.2) is 0 Å². The van der Waals surface area contributed by atoms with Crippen LogP contribution < -0.4 is 5.73 Å². The first-order chi connectivity index (χ1) is 3.84. The van der Waals surface area contributed by atoms with E-state index in [2.05, 4.69) is 13.0 Å². The first-order valence-corrected chi connectivity index (χ1v) is 3.21. The molecule has 0 spiro atoms. The zero-order valence-corrected chi connectivity index (χ0v) is 5.35. The SMILES string of the molecule is C/C(=C/CN)C1CC1. The van der Waals surface area contributed by atoms with E-state index < -0.39 is 0 Å². The van der Waals surface area contributed by atoms with Crippen molar-refractivity contribution in [2.75, 3.05) is 6.54 Å². The Bertz CT molecular complexity index is 101. The summed E-state index contributed by atoms with van der Waals surface area (Å²) in [6.07, 6.45) is 4.91. The first-order valence-electron chi connectivity index (χ1n) is 3.21. The Hall–Kier alpha value is -0.300. The maximum absolute atomic E-state index is 5.32. The minimum atomic E-state index is 0.711. The maximum atomic E-state index is 5.32. The summed E-state index contributed by atoms with van der Waals surface area (Å²) in [5.41, 5.74) is 6.81. The molecule has 0 aromatic rings. The molecule has 0 heterocycles. The van der Waals surface area contributed by atoms with Crippen molar-refractivity contribution in [1.82, 2.24) is 0 Å². The number of allylic oxidation sites excluding steroid dienone is 1. The van der Waals surface area contributed by atoms with E-state index in [1.54, 1.807) is 0 Å². The average Bonchev–Trinajstić information content (AvgIpc) is 2.45. The van der Waals surface area contributed by atoms with Crippen molar-refractivity contribution in [2.24, 2.45) is 11.7 Å². The molecule has 0 atom stereocenters. The van der Waals surface area contributed by atoms with Gasteiger partial charge in [0.1, 0.15) is 0 Å². The second-order valence-corrected chi connectivity index (χ2v) is 2.46. The number of hydrogen-bond donors (Lipinski definition) is 1. The lowest BCUT2D eigenvalue weighted by atomic mass is 10.2. The highest BCUT2D eigenvalue weighted by atomic mass is 14.5. The van der Waals surface area contributed by atoms with E-state index in [1.165, 1.54) is 18.4 Å². The van der Waals surface area contributed by atoms with Crippen molar-refractivity contribution in [3.8, 4) is 0 Å². The third kappa shape index (κ3) is 1.34. The van der Waals surface area contributed by atoms with Crippen molar-refractivity contribution < 1.29 is 0 Å². The molecule has 0 saturated heterocycles. The van der Waals surface area contributed by atoms with Crippen LogP contribution in [0.15, 0.2) is 11.6 Å². The van der Waals surface area contributed by atoms with Gasteiger partial charge in [-0.25, -0.2) is 0 Å². The summed E-state index contributed by atoms with van der Waals surface area (Å²) < 4.78 is 0. The molecule has 0 amide bonds. The van der Waals surface area contributed by atoms with Crippen molar-refractivity contribution in [3.05, 3.63) is 11.6 Å². The molecule has 0 aromatic carbocycles. The van der Waals surface area contributed by atoms with Crippen LogP contribution in [0.5, 0.6) is 0 Å². The van der Waals surface area contributed by atoms with Crippen LogP contribution in [0, 0.1) is 5.92 Å². The molecular weight excluding hydrogens is 98.1 g/mol. The lowest BCUT2D eigenvalue weighted by Crippen LogP contribution is -1.94. The van der Waals surface area contributed by atoms with Gasteiger partial charge < -0.3 is 5.73 Å². The van der Waals surface area contributed by atoms with E-state index >= 15 is 0 Å². The lowest BCUT2D eigenvalue weighted by Gasteiger charge is -1.91. The Labute approximate surface area is 50.6 Å². The Balaban J connectivity index is 2.31. The summed E-state index contributed by atoms with van der Waals surface area (Å²) in [4.78, 5) is 0. The third-order valence-corrected chi connectivity index (χ3v) is 1.66. The van der Waals surface area contributed by atoms with E-state index in [1.807, 2.05) is 0 Å². The van der Waals surface area contributed by atoms with E-state index in [4.69, 9.17) is 5.73 Å².